The largest absolute Gasteiger partial charge is 0.444 e. The molecular formula is C27H43N5O2. The number of carbonyl (C=O) groups excluding carboxylic acids is 1. The van der Waals surface area contributed by atoms with Crippen LogP contribution in [0.25, 0.3) is 11.0 Å². The predicted molar refractivity (Wildman–Crippen MR) is 137 cm³/mol. The van der Waals surface area contributed by atoms with E-state index < -0.39 is 5.60 Å². The Bertz CT molecular complexity index is 983. The van der Waals surface area contributed by atoms with Crippen molar-refractivity contribution in [3.63, 3.8) is 0 Å². The Kier molecular flexibility index (Phi) is 7.53. The van der Waals surface area contributed by atoms with E-state index in [1.54, 1.807) is 0 Å². The van der Waals surface area contributed by atoms with Gasteiger partial charge >= 0.3 is 6.09 Å². The average molecular weight is 470 g/mol. The zero-order valence-corrected chi connectivity index (χ0v) is 21.9. The number of rotatable bonds is 8. The van der Waals surface area contributed by atoms with Gasteiger partial charge in [0.2, 0.25) is 0 Å². The summed E-state index contributed by atoms with van der Waals surface area (Å²) >= 11 is 0. The third-order valence-corrected chi connectivity index (χ3v) is 7.32. The molecule has 0 radical (unpaired) electrons. The van der Waals surface area contributed by atoms with Crippen molar-refractivity contribution in [2.45, 2.75) is 83.5 Å². The third-order valence-electron chi connectivity index (χ3n) is 7.32. The molecule has 1 aromatic carbocycles. The highest BCUT2D eigenvalue weighted by molar-refractivity contribution is 5.80. The van der Waals surface area contributed by atoms with Crippen LogP contribution in [0.1, 0.15) is 76.7 Å². The number of fused-ring (bicyclic) bond motifs is 1. The van der Waals surface area contributed by atoms with Crippen LogP contribution in [-0.2, 0) is 18.3 Å². The first-order valence-corrected chi connectivity index (χ1v) is 12.9. The molecule has 1 saturated heterocycles. The van der Waals surface area contributed by atoms with Gasteiger partial charge in [0.1, 0.15) is 11.4 Å². The highest BCUT2D eigenvalue weighted by Gasteiger charge is 2.29. The molecule has 2 fully saturated rings. The summed E-state index contributed by atoms with van der Waals surface area (Å²) < 4.78 is 7.74. The molecule has 1 unspecified atom stereocenters. The van der Waals surface area contributed by atoms with Crippen molar-refractivity contribution in [2.24, 2.45) is 13.0 Å². The molecule has 188 valence electrons. The number of likely N-dealkylation sites (tertiary alicyclic amines) is 1. The maximum absolute atomic E-state index is 12.7. The fourth-order valence-corrected chi connectivity index (χ4v) is 5.09. The average Bonchev–Trinajstić information content (AvgIpc) is 3.53. The molecule has 7 heteroatoms. The second-order valence-electron chi connectivity index (χ2n) is 11.5. The van der Waals surface area contributed by atoms with E-state index in [1.165, 1.54) is 31.2 Å². The molecular weight excluding hydrogens is 426 g/mol. The van der Waals surface area contributed by atoms with Crippen molar-refractivity contribution in [1.29, 1.82) is 0 Å². The Morgan fingerprint density at radius 2 is 1.91 bits per heavy atom. The van der Waals surface area contributed by atoms with Crippen molar-refractivity contribution >= 4 is 17.1 Å². The summed E-state index contributed by atoms with van der Waals surface area (Å²) in [6.07, 6.45) is 6.63. The van der Waals surface area contributed by atoms with Gasteiger partial charge in [0.15, 0.2) is 0 Å². The maximum atomic E-state index is 12.7. The van der Waals surface area contributed by atoms with Crippen LogP contribution in [0.3, 0.4) is 0 Å². The van der Waals surface area contributed by atoms with Crippen LogP contribution in [0.2, 0.25) is 0 Å². The smallest absolute Gasteiger partial charge is 0.408 e. The second kappa shape index (κ2) is 10.2. The summed E-state index contributed by atoms with van der Waals surface area (Å²) in [6, 6.07) is 6.91. The van der Waals surface area contributed by atoms with Gasteiger partial charge < -0.3 is 19.5 Å². The minimum Gasteiger partial charge on any atom is -0.444 e. The first kappa shape index (κ1) is 25.0. The second-order valence-corrected chi connectivity index (χ2v) is 11.5. The molecule has 0 spiro atoms. The number of amides is 1. The molecule has 1 amide bonds. The normalized spacial score (nSPS) is 19.0. The molecule has 1 aliphatic heterocycles. The number of nitrogens with zero attached hydrogens (tertiary/aromatic N) is 4. The van der Waals surface area contributed by atoms with Crippen LogP contribution in [0.5, 0.6) is 0 Å². The zero-order chi connectivity index (χ0) is 24.5. The van der Waals surface area contributed by atoms with Gasteiger partial charge in [-0.05, 0) is 91.2 Å². The van der Waals surface area contributed by atoms with Crippen LogP contribution in [0.15, 0.2) is 18.2 Å². The number of piperidine rings is 1. The predicted octanol–water partition coefficient (Wildman–Crippen LogP) is 4.86. The number of hydrogen-bond acceptors (Lipinski definition) is 5. The minimum atomic E-state index is -0.525. The van der Waals surface area contributed by atoms with Gasteiger partial charge in [0, 0.05) is 19.6 Å². The molecule has 1 aromatic heterocycles. The lowest BCUT2D eigenvalue weighted by molar-refractivity contribution is 0.0497. The van der Waals surface area contributed by atoms with Crippen LogP contribution >= 0.6 is 0 Å². The number of benzene rings is 1. The molecule has 2 aliphatic rings. The number of hydrogen-bond donors (Lipinski definition) is 1. The lowest BCUT2D eigenvalue weighted by Gasteiger charge is -2.35. The van der Waals surface area contributed by atoms with Crippen molar-refractivity contribution in [1.82, 2.24) is 24.7 Å². The molecule has 1 aliphatic carbocycles. The Morgan fingerprint density at radius 3 is 2.56 bits per heavy atom. The lowest BCUT2D eigenvalue weighted by atomic mass is 10.0. The number of para-hydroxylation sites is 1. The first-order chi connectivity index (χ1) is 16.1. The van der Waals surface area contributed by atoms with E-state index in [4.69, 9.17) is 9.72 Å². The van der Waals surface area contributed by atoms with Gasteiger partial charge in [-0.1, -0.05) is 25.0 Å². The van der Waals surface area contributed by atoms with Crippen LogP contribution in [-0.4, -0.2) is 64.3 Å². The SMILES string of the molecule is CN1CCC(N(C)Cc2cccc3c2nc(C(CCC2CC2)NC(=O)OC(C)(C)C)n3C)CC1. The van der Waals surface area contributed by atoms with Gasteiger partial charge in [-0.25, -0.2) is 9.78 Å². The molecule has 2 aromatic rings. The Hall–Kier alpha value is -2.12. The summed E-state index contributed by atoms with van der Waals surface area (Å²) in [6.45, 7) is 8.89. The molecule has 1 atom stereocenters. The number of imidazole rings is 1. The number of ether oxygens (including phenoxy) is 1. The van der Waals surface area contributed by atoms with Gasteiger partial charge in [0.25, 0.3) is 0 Å². The highest BCUT2D eigenvalue weighted by Crippen LogP contribution is 2.36. The Labute approximate surface area is 204 Å². The summed E-state index contributed by atoms with van der Waals surface area (Å²) in [5.41, 5.74) is 2.89. The van der Waals surface area contributed by atoms with E-state index in [2.05, 4.69) is 59.0 Å². The fraction of sp³-hybridized carbons (Fsp3) is 0.704. The number of nitrogens with one attached hydrogen (secondary N) is 1. The van der Waals surface area contributed by atoms with E-state index in [9.17, 15) is 4.79 Å². The van der Waals surface area contributed by atoms with E-state index in [-0.39, 0.29) is 12.1 Å². The van der Waals surface area contributed by atoms with Gasteiger partial charge in [-0.15, -0.1) is 0 Å². The summed E-state index contributed by atoms with van der Waals surface area (Å²) in [4.78, 5) is 22.7. The van der Waals surface area contributed by atoms with Crippen molar-refractivity contribution in [3.05, 3.63) is 29.6 Å². The van der Waals surface area contributed by atoms with E-state index in [1.807, 2.05) is 20.8 Å². The standard InChI is InChI=1S/C27H43N5O2/c1-27(2,3)34-26(33)28-22(13-12-19-10-11-19)25-29-24-20(8-7-9-23(24)32(25)6)18-31(5)21-14-16-30(4)17-15-21/h7-9,19,21-22H,10-18H2,1-6H3,(H,28,33). The van der Waals surface area contributed by atoms with E-state index in [0.717, 1.165) is 55.3 Å². The van der Waals surface area contributed by atoms with Crippen molar-refractivity contribution in [2.75, 3.05) is 27.2 Å². The van der Waals surface area contributed by atoms with Crippen LogP contribution < -0.4 is 5.32 Å². The molecule has 34 heavy (non-hydrogen) atoms. The number of carbonyl (C=O) groups is 1. The first-order valence-electron chi connectivity index (χ1n) is 12.9. The Morgan fingerprint density at radius 1 is 1.21 bits per heavy atom. The molecule has 4 rings (SSSR count). The topological polar surface area (TPSA) is 62.6 Å². The number of alkyl carbamates (subject to hydrolysis) is 1. The number of aryl methyl sites for hydroxylation is 1. The van der Waals surface area contributed by atoms with Gasteiger partial charge in [-0.2, -0.15) is 0 Å². The monoisotopic (exact) mass is 469 g/mol. The quantitative estimate of drug-likeness (QED) is 0.598. The van der Waals surface area contributed by atoms with Crippen molar-refractivity contribution in [3.8, 4) is 0 Å². The highest BCUT2D eigenvalue weighted by atomic mass is 16.6. The molecule has 7 nitrogen and oxygen atoms in total. The molecule has 1 saturated carbocycles. The van der Waals surface area contributed by atoms with E-state index >= 15 is 0 Å². The van der Waals surface area contributed by atoms with E-state index in [0.29, 0.717) is 6.04 Å². The summed E-state index contributed by atoms with van der Waals surface area (Å²) in [5.74, 6) is 1.70. The fourth-order valence-electron chi connectivity index (χ4n) is 5.09. The minimum absolute atomic E-state index is 0.160. The van der Waals surface area contributed by atoms with Gasteiger partial charge in [0.05, 0.1) is 17.1 Å². The van der Waals surface area contributed by atoms with Gasteiger partial charge in [-0.3, -0.25) is 4.90 Å². The van der Waals surface area contributed by atoms with Crippen LogP contribution in [0, 0.1) is 5.92 Å². The zero-order valence-electron chi connectivity index (χ0n) is 21.9. The molecule has 0 bridgehead atoms. The Balaban J connectivity index is 1.56. The third kappa shape index (κ3) is 6.30. The molecule has 1 N–H and O–H groups in total. The lowest BCUT2D eigenvalue weighted by Crippen LogP contribution is -2.41. The number of aromatic nitrogens is 2. The van der Waals surface area contributed by atoms with Crippen LogP contribution in [0.4, 0.5) is 4.79 Å². The molecule has 2 heterocycles. The van der Waals surface area contributed by atoms with Crippen molar-refractivity contribution < 1.29 is 9.53 Å². The summed E-state index contributed by atoms with van der Waals surface area (Å²) in [5, 5.41) is 3.13. The maximum Gasteiger partial charge on any atom is 0.408 e. The summed E-state index contributed by atoms with van der Waals surface area (Å²) in [7, 11) is 6.51.